The summed E-state index contributed by atoms with van der Waals surface area (Å²) in [6, 6.07) is 11.1. The van der Waals surface area contributed by atoms with Gasteiger partial charge in [0.25, 0.3) is 0 Å². The molecule has 2 rings (SSSR count). The van der Waals surface area contributed by atoms with Crippen molar-refractivity contribution in [3.63, 3.8) is 0 Å². The first-order chi connectivity index (χ1) is 11.3. The molecule has 0 saturated heterocycles. The Hall–Kier alpha value is -2.25. The SMILES string of the molecule is Cc1ccc(CNC(=O)C(C)NS(=O)(=O)c2ccc(F)cc2)cc1. The molecule has 1 atom stereocenters. The minimum absolute atomic E-state index is 0.0953. The molecule has 2 N–H and O–H groups in total. The molecule has 0 aliphatic carbocycles. The van der Waals surface area contributed by atoms with Gasteiger partial charge in [-0.25, -0.2) is 12.8 Å². The lowest BCUT2D eigenvalue weighted by atomic mass is 10.1. The third kappa shape index (κ3) is 4.87. The Morgan fingerprint density at radius 3 is 2.25 bits per heavy atom. The van der Waals surface area contributed by atoms with Gasteiger partial charge in [0, 0.05) is 6.54 Å². The van der Waals surface area contributed by atoms with E-state index in [-0.39, 0.29) is 4.90 Å². The maximum Gasteiger partial charge on any atom is 0.241 e. The maximum atomic E-state index is 12.9. The lowest BCUT2D eigenvalue weighted by Crippen LogP contribution is -2.44. The maximum absolute atomic E-state index is 12.9. The number of carbonyl (C=O) groups excluding carboxylic acids is 1. The van der Waals surface area contributed by atoms with Crippen LogP contribution in [0.4, 0.5) is 4.39 Å². The molecule has 0 aliphatic rings. The van der Waals surface area contributed by atoms with Crippen LogP contribution < -0.4 is 10.0 Å². The van der Waals surface area contributed by atoms with Gasteiger partial charge in [-0.05, 0) is 43.7 Å². The minimum Gasteiger partial charge on any atom is -0.351 e. The molecular weight excluding hydrogens is 331 g/mol. The Kier molecular flexibility index (Phi) is 5.69. The van der Waals surface area contributed by atoms with Crippen LogP contribution in [0.15, 0.2) is 53.4 Å². The molecule has 0 bridgehead atoms. The third-order valence-corrected chi connectivity index (χ3v) is 4.99. The summed E-state index contributed by atoms with van der Waals surface area (Å²) in [7, 11) is -3.89. The normalized spacial score (nSPS) is 12.6. The summed E-state index contributed by atoms with van der Waals surface area (Å²) in [5.74, 6) is -0.973. The molecule has 128 valence electrons. The topological polar surface area (TPSA) is 75.3 Å². The van der Waals surface area contributed by atoms with Gasteiger partial charge >= 0.3 is 0 Å². The van der Waals surface area contributed by atoms with Crippen molar-refractivity contribution in [1.29, 1.82) is 0 Å². The van der Waals surface area contributed by atoms with E-state index in [1.54, 1.807) is 0 Å². The molecule has 0 fully saturated rings. The van der Waals surface area contributed by atoms with Crippen LogP contribution in [0.1, 0.15) is 18.1 Å². The number of hydrogen-bond acceptors (Lipinski definition) is 3. The van der Waals surface area contributed by atoms with E-state index in [0.29, 0.717) is 6.54 Å². The number of nitrogens with one attached hydrogen (secondary N) is 2. The van der Waals surface area contributed by atoms with E-state index in [1.807, 2.05) is 31.2 Å². The molecule has 2 aromatic carbocycles. The summed E-state index contributed by atoms with van der Waals surface area (Å²) >= 11 is 0. The number of amides is 1. The van der Waals surface area contributed by atoms with Crippen LogP contribution in [-0.2, 0) is 21.4 Å². The Bertz CT molecular complexity index is 803. The van der Waals surface area contributed by atoms with Gasteiger partial charge in [0.1, 0.15) is 5.82 Å². The van der Waals surface area contributed by atoms with Crippen molar-refractivity contribution in [1.82, 2.24) is 10.0 Å². The van der Waals surface area contributed by atoms with E-state index in [1.165, 1.54) is 6.92 Å². The highest BCUT2D eigenvalue weighted by molar-refractivity contribution is 7.89. The Balaban J connectivity index is 1.95. The Labute approximate surface area is 141 Å². The number of aryl methyl sites for hydroxylation is 1. The second kappa shape index (κ2) is 7.55. The molecule has 0 spiro atoms. The second-order valence-electron chi connectivity index (χ2n) is 5.50. The molecule has 0 aliphatic heterocycles. The molecule has 0 radical (unpaired) electrons. The number of carbonyl (C=O) groups is 1. The van der Waals surface area contributed by atoms with Crippen molar-refractivity contribution in [2.45, 2.75) is 31.3 Å². The molecule has 1 unspecified atom stereocenters. The highest BCUT2D eigenvalue weighted by Crippen LogP contribution is 2.10. The molecule has 0 heterocycles. The van der Waals surface area contributed by atoms with E-state index in [2.05, 4.69) is 10.0 Å². The fourth-order valence-corrected chi connectivity index (χ4v) is 3.22. The molecule has 7 heteroatoms. The zero-order valence-electron chi connectivity index (χ0n) is 13.4. The van der Waals surface area contributed by atoms with Crippen LogP contribution in [0.2, 0.25) is 0 Å². The number of benzene rings is 2. The quantitative estimate of drug-likeness (QED) is 0.838. The van der Waals surface area contributed by atoms with Crippen LogP contribution in [0.25, 0.3) is 0 Å². The van der Waals surface area contributed by atoms with E-state index in [9.17, 15) is 17.6 Å². The van der Waals surface area contributed by atoms with Gasteiger partial charge in [-0.15, -0.1) is 0 Å². The first-order valence-corrected chi connectivity index (χ1v) is 8.87. The summed E-state index contributed by atoms with van der Waals surface area (Å²) in [5.41, 5.74) is 2.04. The standard InChI is InChI=1S/C17H19FN2O3S/c1-12-3-5-14(6-4-12)11-19-17(21)13(2)20-24(22,23)16-9-7-15(18)8-10-16/h3-10,13,20H,11H2,1-2H3,(H,19,21). The van der Waals surface area contributed by atoms with Gasteiger partial charge in [-0.2, -0.15) is 4.72 Å². The lowest BCUT2D eigenvalue weighted by molar-refractivity contribution is -0.122. The highest BCUT2D eigenvalue weighted by atomic mass is 32.2. The van der Waals surface area contributed by atoms with Gasteiger partial charge in [-0.3, -0.25) is 4.79 Å². The first kappa shape index (κ1) is 18.1. The molecular formula is C17H19FN2O3S. The molecule has 5 nitrogen and oxygen atoms in total. The van der Waals surface area contributed by atoms with Crippen molar-refractivity contribution in [3.05, 3.63) is 65.5 Å². The zero-order valence-corrected chi connectivity index (χ0v) is 14.2. The van der Waals surface area contributed by atoms with Gasteiger partial charge in [0.2, 0.25) is 15.9 Å². The largest absolute Gasteiger partial charge is 0.351 e. The highest BCUT2D eigenvalue weighted by Gasteiger charge is 2.21. The molecule has 24 heavy (non-hydrogen) atoms. The fourth-order valence-electron chi connectivity index (χ4n) is 2.02. The van der Waals surface area contributed by atoms with Crippen LogP contribution in [0.5, 0.6) is 0 Å². The van der Waals surface area contributed by atoms with Crippen LogP contribution >= 0.6 is 0 Å². The summed E-state index contributed by atoms with van der Waals surface area (Å²) < 4.78 is 39.5. The molecule has 2 aromatic rings. The third-order valence-electron chi connectivity index (χ3n) is 3.44. The van der Waals surface area contributed by atoms with Crippen molar-refractivity contribution in [3.8, 4) is 0 Å². The van der Waals surface area contributed by atoms with Crippen LogP contribution in [0, 0.1) is 12.7 Å². The van der Waals surface area contributed by atoms with Crippen molar-refractivity contribution in [2.24, 2.45) is 0 Å². The average Bonchev–Trinajstić information content (AvgIpc) is 2.54. The predicted octanol–water partition coefficient (Wildman–Crippen LogP) is 2.12. The summed E-state index contributed by atoms with van der Waals surface area (Å²) in [6.45, 7) is 3.72. The fraction of sp³-hybridized carbons (Fsp3) is 0.235. The lowest BCUT2D eigenvalue weighted by Gasteiger charge is -2.14. The summed E-state index contributed by atoms with van der Waals surface area (Å²) in [6.07, 6.45) is 0. The van der Waals surface area contributed by atoms with Crippen LogP contribution in [-0.4, -0.2) is 20.4 Å². The Morgan fingerprint density at radius 2 is 1.67 bits per heavy atom. The summed E-state index contributed by atoms with van der Waals surface area (Å²) in [4.78, 5) is 12.0. The average molecular weight is 350 g/mol. The predicted molar refractivity (Wildman–Crippen MR) is 89.2 cm³/mol. The second-order valence-corrected chi connectivity index (χ2v) is 7.21. The smallest absolute Gasteiger partial charge is 0.241 e. The Morgan fingerprint density at radius 1 is 1.08 bits per heavy atom. The van der Waals surface area contributed by atoms with E-state index >= 15 is 0 Å². The summed E-state index contributed by atoms with van der Waals surface area (Å²) in [5, 5.41) is 2.68. The van der Waals surface area contributed by atoms with Gasteiger partial charge in [0.05, 0.1) is 10.9 Å². The number of sulfonamides is 1. The van der Waals surface area contributed by atoms with Gasteiger partial charge in [0.15, 0.2) is 0 Å². The van der Waals surface area contributed by atoms with Crippen LogP contribution in [0.3, 0.4) is 0 Å². The molecule has 0 saturated carbocycles. The number of halogens is 1. The number of rotatable bonds is 6. The monoisotopic (exact) mass is 350 g/mol. The number of hydrogen-bond donors (Lipinski definition) is 2. The van der Waals surface area contributed by atoms with E-state index < -0.39 is 27.8 Å². The minimum atomic E-state index is -3.89. The van der Waals surface area contributed by atoms with Crippen molar-refractivity contribution >= 4 is 15.9 Å². The molecule has 1 amide bonds. The van der Waals surface area contributed by atoms with Gasteiger partial charge in [-0.1, -0.05) is 29.8 Å². The van der Waals surface area contributed by atoms with Crippen molar-refractivity contribution < 1.29 is 17.6 Å². The zero-order chi connectivity index (χ0) is 17.7. The van der Waals surface area contributed by atoms with Crippen molar-refractivity contribution in [2.75, 3.05) is 0 Å². The molecule has 0 aromatic heterocycles. The van der Waals surface area contributed by atoms with Gasteiger partial charge < -0.3 is 5.32 Å². The van der Waals surface area contributed by atoms with E-state index in [4.69, 9.17) is 0 Å². The first-order valence-electron chi connectivity index (χ1n) is 7.39. The van der Waals surface area contributed by atoms with E-state index in [0.717, 1.165) is 35.4 Å².